The second-order valence-electron chi connectivity index (χ2n) is 7.27. The van der Waals surface area contributed by atoms with Gasteiger partial charge in [0.15, 0.2) is 0 Å². The molecule has 0 aliphatic heterocycles. The molecule has 0 aliphatic carbocycles. The van der Waals surface area contributed by atoms with Crippen molar-refractivity contribution in [1.82, 2.24) is 0 Å². The van der Waals surface area contributed by atoms with E-state index in [1.165, 1.54) is 12.5 Å². The molecular weight excluding hydrogens is 322 g/mol. The Bertz CT molecular complexity index is 561. The van der Waals surface area contributed by atoms with E-state index in [-0.39, 0.29) is 11.3 Å². The van der Waals surface area contributed by atoms with Gasteiger partial charge in [-0.3, -0.25) is 4.79 Å². The Morgan fingerprint density at radius 2 is 1.58 bits per heavy atom. The maximum atomic E-state index is 10.7. The number of ether oxygens (including phenoxy) is 1. The van der Waals surface area contributed by atoms with Crippen LogP contribution in [-0.4, -0.2) is 13.0 Å². The molecule has 0 aliphatic rings. The van der Waals surface area contributed by atoms with E-state index >= 15 is 0 Å². The molecule has 1 rings (SSSR count). The number of benzene rings is 1. The summed E-state index contributed by atoms with van der Waals surface area (Å²) in [5.41, 5.74) is 3.25. The number of carbonyl (C=O) groups excluding carboxylic acids is 1. The lowest BCUT2D eigenvalue weighted by Crippen LogP contribution is -2.10. The number of hydrogen-bond acceptors (Lipinski definition) is 2. The molecular formula is C23H39NO2. The fraction of sp³-hybridized carbons (Fsp3) is 0.522. The molecule has 0 radical (unpaired) electrons. The predicted octanol–water partition coefficient (Wildman–Crippen LogP) is 6.93. The Morgan fingerprint density at radius 3 is 1.81 bits per heavy atom. The number of allylic oxidation sites excluding steroid dienone is 3. The van der Waals surface area contributed by atoms with E-state index in [2.05, 4.69) is 46.5 Å². The molecule has 0 atom stereocenters. The summed E-state index contributed by atoms with van der Waals surface area (Å²) in [6, 6.07) is 7.93. The fourth-order valence-electron chi connectivity index (χ4n) is 1.96. The van der Waals surface area contributed by atoms with Crippen molar-refractivity contribution in [2.24, 2.45) is 5.41 Å². The third-order valence-electron chi connectivity index (χ3n) is 3.23. The van der Waals surface area contributed by atoms with E-state index in [0.717, 1.165) is 17.0 Å². The normalized spacial score (nSPS) is 10.8. The predicted molar refractivity (Wildman–Crippen MR) is 116 cm³/mol. The largest absolute Gasteiger partial charge is 0.501 e. The molecule has 0 unspecified atom stereocenters. The van der Waals surface area contributed by atoms with E-state index < -0.39 is 0 Å². The van der Waals surface area contributed by atoms with Crippen molar-refractivity contribution in [3.8, 4) is 0 Å². The quantitative estimate of drug-likeness (QED) is 0.466. The summed E-state index contributed by atoms with van der Waals surface area (Å²) in [4.78, 5) is 10.7. The SMILES string of the molecule is C=C(C)/C=C(\OC)C(C)(C)C.CC.CC(=O)Nc1ccc(C(C)C)cc1. The van der Waals surface area contributed by atoms with E-state index in [0.29, 0.717) is 5.92 Å². The number of hydrogen-bond donors (Lipinski definition) is 1. The molecule has 3 nitrogen and oxygen atoms in total. The average molecular weight is 362 g/mol. The Labute approximate surface area is 161 Å². The average Bonchev–Trinajstić information content (AvgIpc) is 2.54. The standard InChI is InChI=1S/C11H15NO.C10H18O.C2H6/c1-8(2)10-4-6-11(7-5-10)12-9(3)13;1-8(2)7-9(11-6)10(3,4)5;1-2/h4-8H,1-3H3,(H,12,13);7H,1H2,2-6H3;1-2H3/b;9-7-;. The van der Waals surface area contributed by atoms with E-state index in [1.54, 1.807) is 7.11 Å². The summed E-state index contributed by atoms with van der Waals surface area (Å²) in [7, 11) is 1.69. The molecule has 0 saturated heterocycles. The van der Waals surface area contributed by atoms with Crippen LogP contribution >= 0.6 is 0 Å². The number of nitrogens with one attached hydrogen (secondary N) is 1. The molecule has 1 aromatic carbocycles. The van der Waals surface area contributed by atoms with Gasteiger partial charge in [-0.15, -0.1) is 0 Å². The minimum absolute atomic E-state index is 0.0303. The molecule has 3 heteroatoms. The molecule has 1 N–H and O–H groups in total. The Morgan fingerprint density at radius 1 is 1.12 bits per heavy atom. The highest BCUT2D eigenvalue weighted by Gasteiger charge is 2.16. The first kappa shape index (κ1) is 26.2. The first-order chi connectivity index (χ1) is 12.0. The van der Waals surface area contributed by atoms with Crippen LogP contribution in [-0.2, 0) is 9.53 Å². The van der Waals surface area contributed by atoms with Gasteiger partial charge in [0.2, 0.25) is 5.91 Å². The number of anilines is 1. The highest BCUT2D eigenvalue weighted by molar-refractivity contribution is 5.88. The molecule has 0 heterocycles. The van der Waals surface area contributed by atoms with Crippen molar-refractivity contribution in [1.29, 1.82) is 0 Å². The zero-order valence-corrected chi connectivity index (χ0v) is 18.5. The zero-order chi connectivity index (χ0) is 20.9. The minimum atomic E-state index is -0.0303. The van der Waals surface area contributed by atoms with Crippen LogP contribution < -0.4 is 5.32 Å². The lowest BCUT2D eigenvalue weighted by molar-refractivity contribution is -0.114. The minimum Gasteiger partial charge on any atom is -0.501 e. The molecule has 26 heavy (non-hydrogen) atoms. The lowest BCUT2D eigenvalue weighted by Gasteiger charge is -2.21. The highest BCUT2D eigenvalue weighted by Crippen LogP contribution is 2.26. The topological polar surface area (TPSA) is 38.3 Å². The third-order valence-corrected chi connectivity index (χ3v) is 3.23. The zero-order valence-electron chi connectivity index (χ0n) is 18.5. The Balaban J connectivity index is 0. The Hall–Kier alpha value is -2.03. The van der Waals surface area contributed by atoms with Gasteiger partial charge in [-0.05, 0) is 36.6 Å². The summed E-state index contributed by atoms with van der Waals surface area (Å²) in [5.74, 6) is 1.48. The molecule has 0 aromatic heterocycles. The Kier molecular flexibility index (Phi) is 13.3. The smallest absolute Gasteiger partial charge is 0.221 e. The van der Waals surface area contributed by atoms with Crippen molar-refractivity contribution in [2.45, 2.75) is 68.2 Å². The fourth-order valence-corrected chi connectivity index (χ4v) is 1.96. The maximum absolute atomic E-state index is 10.7. The van der Waals surface area contributed by atoms with E-state index in [1.807, 2.05) is 51.1 Å². The van der Waals surface area contributed by atoms with Crippen molar-refractivity contribution >= 4 is 11.6 Å². The van der Waals surface area contributed by atoms with Gasteiger partial charge in [-0.1, -0.05) is 72.8 Å². The molecule has 1 amide bonds. The first-order valence-corrected chi connectivity index (χ1v) is 9.26. The van der Waals surface area contributed by atoms with Crippen molar-refractivity contribution in [2.75, 3.05) is 12.4 Å². The van der Waals surface area contributed by atoms with Crippen molar-refractivity contribution in [3.05, 3.63) is 53.8 Å². The first-order valence-electron chi connectivity index (χ1n) is 9.26. The number of carbonyl (C=O) groups is 1. The van der Waals surface area contributed by atoms with Gasteiger partial charge in [-0.25, -0.2) is 0 Å². The number of rotatable bonds is 4. The van der Waals surface area contributed by atoms with Gasteiger partial charge < -0.3 is 10.1 Å². The van der Waals surface area contributed by atoms with E-state index in [4.69, 9.17) is 4.74 Å². The van der Waals surface area contributed by atoms with Gasteiger partial charge in [0.05, 0.1) is 7.11 Å². The van der Waals surface area contributed by atoms with Crippen LogP contribution in [0, 0.1) is 5.41 Å². The van der Waals surface area contributed by atoms with Gasteiger partial charge in [0.1, 0.15) is 5.76 Å². The van der Waals surface area contributed by atoms with Gasteiger partial charge in [-0.2, -0.15) is 0 Å². The van der Waals surface area contributed by atoms with Crippen LogP contribution in [0.3, 0.4) is 0 Å². The molecule has 0 saturated carbocycles. The van der Waals surface area contributed by atoms with E-state index in [9.17, 15) is 4.79 Å². The number of methoxy groups -OCH3 is 1. The number of amides is 1. The molecule has 0 spiro atoms. The summed E-state index contributed by atoms with van der Waals surface area (Å²) in [6.07, 6.45) is 1.97. The van der Waals surface area contributed by atoms with Gasteiger partial charge in [0, 0.05) is 18.0 Å². The summed E-state index contributed by atoms with van der Waals surface area (Å²) in [5, 5.41) is 2.73. The van der Waals surface area contributed by atoms with Crippen LogP contribution in [0.1, 0.15) is 73.8 Å². The van der Waals surface area contributed by atoms with Crippen LogP contribution in [0.2, 0.25) is 0 Å². The molecule has 1 aromatic rings. The van der Waals surface area contributed by atoms with Crippen molar-refractivity contribution < 1.29 is 9.53 Å². The lowest BCUT2D eigenvalue weighted by atomic mass is 9.93. The molecule has 148 valence electrons. The van der Waals surface area contributed by atoms with Gasteiger partial charge >= 0.3 is 0 Å². The maximum Gasteiger partial charge on any atom is 0.221 e. The van der Waals surface area contributed by atoms with Crippen molar-refractivity contribution in [3.63, 3.8) is 0 Å². The molecule has 0 bridgehead atoms. The summed E-state index contributed by atoms with van der Waals surface area (Å²) >= 11 is 0. The van der Waals surface area contributed by atoms with Crippen LogP contribution in [0.15, 0.2) is 48.3 Å². The third kappa shape index (κ3) is 12.3. The van der Waals surface area contributed by atoms with Crippen LogP contribution in [0.5, 0.6) is 0 Å². The highest BCUT2D eigenvalue weighted by atomic mass is 16.5. The second-order valence-corrected chi connectivity index (χ2v) is 7.27. The monoisotopic (exact) mass is 361 g/mol. The van der Waals surface area contributed by atoms with Crippen LogP contribution in [0.25, 0.3) is 0 Å². The summed E-state index contributed by atoms with van der Waals surface area (Å²) < 4.78 is 5.23. The summed E-state index contributed by atoms with van der Waals surface area (Å²) in [6.45, 7) is 21.9. The van der Waals surface area contributed by atoms with Gasteiger partial charge in [0.25, 0.3) is 0 Å². The molecule has 0 fully saturated rings. The second kappa shape index (κ2) is 13.2. The van der Waals surface area contributed by atoms with Crippen LogP contribution in [0.4, 0.5) is 5.69 Å².